The normalized spacial score (nSPS) is 33.1. The van der Waals surface area contributed by atoms with E-state index in [1.165, 1.54) is 0 Å². The molecule has 268 valence electrons. The topological polar surface area (TPSA) is 201 Å². The molecule has 2 aromatic carbocycles. The Morgan fingerprint density at radius 1 is 0.720 bits per heavy atom. The summed E-state index contributed by atoms with van der Waals surface area (Å²) in [6, 6.07) is 11.6. The van der Waals surface area contributed by atoms with Crippen LogP contribution in [0.2, 0.25) is 0 Å². The van der Waals surface area contributed by atoms with Crippen LogP contribution in [0.4, 0.5) is 0 Å². The first-order valence-corrected chi connectivity index (χ1v) is 16.9. The molecule has 2 aromatic rings. The molecular weight excluding hydrogens is 646 g/mol. The van der Waals surface area contributed by atoms with Gasteiger partial charge in [0.25, 0.3) is 0 Å². The Balaban J connectivity index is 1.35. The van der Waals surface area contributed by atoms with Crippen molar-refractivity contribution in [1.82, 2.24) is 4.90 Å². The standard InChI is InChI=1S/C38H45NO11/c1-37(2,3)36(48)39-14-12-38(13-15-39)24-16-20(6-10-26-30(42)34(46)32(44)28(18-40)49-26)4-8-22(24)23-9-5-21(17-25(23)38)7-11-27-31(43)35(47)33(45)29(19-41)50-27/h4-5,8-9,16-17,26-35,40-47H,12-15,18-19H2,1-3H3. The van der Waals surface area contributed by atoms with Crippen molar-refractivity contribution in [2.75, 3.05) is 26.3 Å². The zero-order valence-electron chi connectivity index (χ0n) is 28.2. The van der Waals surface area contributed by atoms with Gasteiger partial charge in [-0.2, -0.15) is 0 Å². The maximum atomic E-state index is 13.2. The van der Waals surface area contributed by atoms with Gasteiger partial charge >= 0.3 is 0 Å². The monoisotopic (exact) mass is 691 g/mol. The minimum absolute atomic E-state index is 0.0732. The summed E-state index contributed by atoms with van der Waals surface area (Å²) in [5, 5.41) is 80.8. The van der Waals surface area contributed by atoms with E-state index in [4.69, 9.17) is 9.47 Å². The molecule has 3 heterocycles. The number of rotatable bonds is 2. The highest BCUT2D eigenvalue weighted by Crippen LogP contribution is 2.54. The Bertz CT molecular complexity index is 1610. The fourth-order valence-corrected chi connectivity index (χ4v) is 7.51. The Morgan fingerprint density at radius 3 is 1.52 bits per heavy atom. The van der Waals surface area contributed by atoms with Gasteiger partial charge in [0, 0.05) is 35.0 Å². The molecule has 3 aliphatic heterocycles. The van der Waals surface area contributed by atoms with E-state index in [0.717, 1.165) is 22.3 Å². The van der Waals surface area contributed by atoms with Crippen molar-refractivity contribution in [1.29, 1.82) is 0 Å². The molecule has 50 heavy (non-hydrogen) atoms. The molecule has 10 unspecified atom stereocenters. The third-order valence-electron chi connectivity index (χ3n) is 10.4. The molecule has 0 aromatic heterocycles. The lowest BCUT2D eigenvalue weighted by molar-refractivity contribution is -0.214. The summed E-state index contributed by atoms with van der Waals surface area (Å²) < 4.78 is 11.2. The fourth-order valence-electron chi connectivity index (χ4n) is 7.51. The van der Waals surface area contributed by atoms with E-state index >= 15 is 0 Å². The summed E-state index contributed by atoms with van der Waals surface area (Å²) in [6.45, 7) is 5.66. The smallest absolute Gasteiger partial charge is 0.227 e. The van der Waals surface area contributed by atoms with Gasteiger partial charge in [-0.1, -0.05) is 56.6 Å². The van der Waals surface area contributed by atoms with Gasteiger partial charge in [0.2, 0.25) is 5.91 Å². The van der Waals surface area contributed by atoms with Crippen LogP contribution in [-0.4, -0.2) is 139 Å². The second kappa shape index (κ2) is 14.0. The van der Waals surface area contributed by atoms with E-state index in [0.29, 0.717) is 37.1 Å². The second-order valence-corrected chi connectivity index (χ2v) is 14.7. The van der Waals surface area contributed by atoms with Crippen LogP contribution >= 0.6 is 0 Å². The van der Waals surface area contributed by atoms with Gasteiger partial charge in [0.05, 0.1) is 13.2 Å². The number of ether oxygens (including phenoxy) is 2. The highest BCUT2D eigenvalue weighted by molar-refractivity contribution is 5.84. The average Bonchev–Trinajstić information content (AvgIpc) is 3.36. The molecule has 1 aliphatic carbocycles. The van der Waals surface area contributed by atoms with Crippen molar-refractivity contribution < 1.29 is 55.1 Å². The van der Waals surface area contributed by atoms with E-state index in [-0.39, 0.29) is 5.91 Å². The number of aliphatic hydroxyl groups excluding tert-OH is 8. The van der Waals surface area contributed by atoms with Crippen LogP contribution in [0, 0.1) is 29.1 Å². The number of hydrogen-bond acceptors (Lipinski definition) is 11. The Morgan fingerprint density at radius 2 is 1.14 bits per heavy atom. The second-order valence-electron chi connectivity index (χ2n) is 14.7. The first kappa shape index (κ1) is 36.4. The van der Waals surface area contributed by atoms with Gasteiger partial charge in [0.15, 0.2) is 0 Å². The summed E-state index contributed by atoms with van der Waals surface area (Å²) in [5.74, 6) is 11.9. The quantitative estimate of drug-likeness (QED) is 0.180. The molecule has 3 saturated heterocycles. The summed E-state index contributed by atoms with van der Waals surface area (Å²) in [4.78, 5) is 15.1. The van der Waals surface area contributed by atoms with Gasteiger partial charge in [-0.15, -0.1) is 0 Å². The number of nitrogens with zero attached hydrogens (tertiary/aromatic N) is 1. The lowest BCUT2D eigenvalue weighted by Gasteiger charge is -2.42. The molecule has 12 nitrogen and oxygen atoms in total. The van der Waals surface area contributed by atoms with Crippen LogP contribution in [-0.2, 0) is 19.7 Å². The van der Waals surface area contributed by atoms with Crippen molar-refractivity contribution >= 4 is 5.91 Å². The summed E-state index contributed by atoms with van der Waals surface area (Å²) in [7, 11) is 0. The molecule has 0 saturated carbocycles. The van der Waals surface area contributed by atoms with Crippen LogP contribution in [0.15, 0.2) is 36.4 Å². The van der Waals surface area contributed by atoms with Crippen molar-refractivity contribution in [3.63, 3.8) is 0 Å². The Labute approximate surface area is 290 Å². The lowest BCUT2D eigenvalue weighted by atomic mass is 9.70. The van der Waals surface area contributed by atoms with Gasteiger partial charge in [0.1, 0.15) is 61.0 Å². The molecule has 8 N–H and O–H groups in total. The molecule has 12 heteroatoms. The molecule has 1 spiro atoms. The first-order chi connectivity index (χ1) is 23.7. The molecule has 4 aliphatic rings. The fraction of sp³-hybridized carbons (Fsp3) is 0.553. The SMILES string of the molecule is CC(C)(C)C(=O)N1CCC2(CC1)c1cc(C#CC3OC(CO)C(O)C(O)C3O)ccc1-c1ccc(C#CC3OC(CO)C(O)C(O)C3O)cc12. The minimum Gasteiger partial charge on any atom is -0.394 e. The zero-order valence-corrected chi connectivity index (χ0v) is 28.2. The van der Waals surface area contributed by atoms with Crippen LogP contribution in [0.1, 0.15) is 55.9 Å². The summed E-state index contributed by atoms with van der Waals surface area (Å²) in [6.07, 6.45) is -12.1. The minimum atomic E-state index is -1.53. The van der Waals surface area contributed by atoms with E-state index in [1.54, 1.807) is 0 Å². The number of benzene rings is 2. The van der Waals surface area contributed by atoms with Crippen molar-refractivity contribution in [3.05, 3.63) is 58.7 Å². The third kappa shape index (κ3) is 6.47. The molecule has 6 rings (SSSR count). The Kier molecular flexibility index (Phi) is 10.2. The first-order valence-electron chi connectivity index (χ1n) is 16.9. The van der Waals surface area contributed by atoms with Crippen LogP contribution in [0.5, 0.6) is 0 Å². The Hall–Kier alpha value is -3.37. The van der Waals surface area contributed by atoms with Gasteiger partial charge < -0.3 is 55.2 Å². The van der Waals surface area contributed by atoms with Crippen LogP contribution in [0.3, 0.4) is 0 Å². The van der Waals surface area contributed by atoms with Crippen molar-refractivity contribution in [2.45, 2.75) is 100 Å². The highest BCUT2D eigenvalue weighted by Gasteiger charge is 2.47. The van der Waals surface area contributed by atoms with Crippen molar-refractivity contribution in [2.24, 2.45) is 5.41 Å². The van der Waals surface area contributed by atoms with Crippen LogP contribution in [0.25, 0.3) is 11.1 Å². The van der Waals surface area contributed by atoms with E-state index in [9.17, 15) is 45.6 Å². The molecule has 10 atom stereocenters. The largest absolute Gasteiger partial charge is 0.394 e. The number of piperidine rings is 1. The average molecular weight is 692 g/mol. The predicted molar refractivity (Wildman–Crippen MR) is 179 cm³/mol. The number of aliphatic hydroxyl groups is 8. The predicted octanol–water partition coefficient (Wildman–Crippen LogP) is -0.991. The maximum absolute atomic E-state index is 13.2. The maximum Gasteiger partial charge on any atom is 0.227 e. The number of hydrogen-bond donors (Lipinski definition) is 8. The molecule has 3 fully saturated rings. The number of carbonyl (C=O) groups excluding carboxylic acids is 1. The number of fused-ring (bicyclic) bond motifs is 5. The summed E-state index contributed by atoms with van der Waals surface area (Å²) >= 11 is 0. The van der Waals surface area contributed by atoms with Crippen LogP contribution < -0.4 is 0 Å². The van der Waals surface area contributed by atoms with E-state index in [2.05, 4.69) is 23.7 Å². The third-order valence-corrected chi connectivity index (χ3v) is 10.4. The molecule has 1 amide bonds. The van der Waals surface area contributed by atoms with Crippen molar-refractivity contribution in [3.8, 4) is 34.8 Å². The van der Waals surface area contributed by atoms with Gasteiger partial charge in [-0.05, 0) is 59.4 Å². The molecule has 0 radical (unpaired) electrons. The number of carbonyl (C=O) groups is 1. The zero-order chi connectivity index (χ0) is 36.1. The molecular formula is C38H45NO11. The number of amides is 1. The summed E-state index contributed by atoms with van der Waals surface area (Å²) in [5.41, 5.74) is 4.28. The highest BCUT2D eigenvalue weighted by atomic mass is 16.5. The van der Waals surface area contributed by atoms with E-state index in [1.807, 2.05) is 62.1 Å². The lowest BCUT2D eigenvalue weighted by Crippen LogP contribution is -2.58. The number of likely N-dealkylation sites (tertiary alicyclic amines) is 1. The van der Waals surface area contributed by atoms with Gasteiger partial charge in [-0.25, -0.2) is 0 Å². The molecule has 0 bridgehead atoms. The van der Waals surface area contributed by atoms with Gasteiger partial charge in [-0.3, -0.25) is 4.79 Å². The van der Waals surface area contributed by atoms with E-state index < -0.39 is 85.1 Å².